The fraction of sp³-hybridized carbons (Fsp3) is 0.429. The van der Waals surface area contributed by atoms with Gasteiger partial charge in [-0.3, -0.25) is 5.32 Å². The van der Waals surface area contributed by atoms with Crippen LogP contribution in [0.25, 0.3) is 0 Å². The normalized spacial score (nSPS) is 22.5. The highest BCUT2D eigenvalue weighted by atomic mass is 16.7. The Kier molecular flexibility index (Phi) is 4.40. The highest BCUT2D eigenvalue weighted by molar-refractivity contribution is 5.52. The monoisotopic (exact) mass is 339 g/mol. The third-order valence-electron chi connectivity index (χ3n) is 5.40. The van der Waals surface area contributed by atoms with E-state index in [1.807, 2.05) is 0 Å². The molecule has 132 valence electrons. The van der Waals surface area contributed by atoms with Gasteiger partial charge in [-0.05, 0) is 31.0 Å². The smallest absolute Gasteiger partial charge is 0.231 e. The Morgan fingerprint density at radius 1 is 1.12 bits per heavy atom. The van der Waals surface area contributed by atoms with Gasteiger partial charge in [-0.15, -0.1) is 0 Å². The first-order valence-corrected chi connectivity index (χ1v) is 9.14. The van der Waals surface area contributed by atoms with E-state index in [1.54, 1.807) is 0 Å². The van der Waals surface area contributed by atoms with Crippen molar-refractivity contribution in [3.05, 3.63) is 59.2 Å². The molecule has 0 amide bonds. The zero-order valence-corrected chi connectivity index (χ0v) is 15.1. The maximum Gasteiger partial charge on any atom is 0.231 e. The standard InChI is InChI=1S/C21H27N2O2/c1-16(12-17-6-4-3-5-7-17)22-14-23(2)11-10-19-18(13-23)8-9-20-21(19)25-15-24-20/h3-9,16,22H,10-15H2,1-2H3/q+1/t16-,23?/m1/s1. The summed E-state index contributed by atoms with van der Waals surface area (Å²) in [7, 11) is 2.34. The van der Waals surface area contributed by atoms with Gasteiger partial charge in [0.15, 0.2) is 11.5 Å². The number of benzene rings is 2. The second-order valence-electron chi connectivity index (χ2n) is 7.64. The predicted molar refractivity (Wildman–Crippen MR) is 98.6 cm³/mol. The van der Waals surface area contributed by atoms with E-state index >= 15 is 0 Å². The summed E-state index contributed by atoms with van der Waals surface area (Å²) < 4.78 is 12.2. The van der Waals surface area contributed by atoms with Gasteiger partial charge < -0.3 is 14.0 Å². The van der Waals surface area contributed by atoms with Gasteiger partial charge in [0.25, 0.3) is 0 Å². The summed E-state index contributed by atoms with van der Waals surface area (Å²) in [6, 6.07) is 15.4. The molecule has 25 heavy (non-hydrogen) atoms. The van der Waals surface area contributed by atoms with Gasteiger partial charge in [0, 0.05) is 23.6 Å². The third-order valence-corrected chi connectivity index (χ3v) is 5.40. The number of nitrogens with one attached hydrogen (secondary N) is 1. The summed E-state index contributed by atoms with van der Waals surface area (Å²) in [6.07, 6.45) is 2.11. The van der Waals surface area contributed by atoms with Crippen LogP contribution in [-0.4, -0.2) is 37.6 Å². The highest BCUT2D eigenvalue weighted by Crippen LogP contribution is 2.40. The van der Waals surface area contributed by atoms with Crippen molar-refractivity contribution in [3.8, 4) is 11.5 Å². The van der Waals surface area contributed by atoms with E-state index in [0.29, 0.717) is 12.8 Å². The van der Waals surface area contributed by atoms with Crippen LogP contribution in [0, 0.1) is 0 Å². The van der Waals surface area contributed by atoms with Crippen LogP contribution in [0.15, 0.2) is 42.5 Å². The van der Waals surface area contributed by atoms with Gasteiger partial charge in [-0.1, -0.05) is 30.3 Å². The number of ether oxygens (including phenoxy) is 2. The molecule has 0 radical (unpaired) electrons. The molecule has 0 bridgehead atoms. The van der Waals surface area contributed by atoms with Crippen molar-refractivity contribution in [1.29, 1.82) is 0 Å². The van der Waals surface area contributed by atoms with E-state index in [2.05, 4.69) is 61.8 Å². The molecular weight excluding hydrogens is 312 g/mol. The Bertz CT molecular complexity index is 747. The molecular formula is C21H27N2O2+. The third kappa shape index (κ3) is 3.51. The summed E-state index contributed by atoms with van der Waals surface area (Å²) in [5, 5.41) is 3.74. The van der Waals surface area contributed by atoms with Crippen LogP contribution in [0.3, 0.4) is 0 Å². The average molecular weight is 339 g/mol. The van der Waals surface area contributed by atoms with E-state index in [0.717, 1.165) is 48.6 Å². The van der Waals surface area contributed by atoms with Crippen molar-refractivity contribution in [2.45, 2.75) is 32.4 Å². The van der Waals surface area contributed by atoms with Gasteiger partial charge in [-0.25, -0.2) is 0 Å². The number of hydrogen-bond acceptors (Lipinski definition) is 3. The Balaban J connectivity index is 1.38. The molecule has 0 saturated carbocycles. The van der Waals surface area contributed by atoms with E-state index in [4.69, 9.17) is 9.47 Å². The van der Waals surface area contributed by atoms with Crippen LogP contribution in [0.1, 0.15) is 23.6 Å². The number of hydrogen-bond donors (Lipinski definition) is 1. The zero-order valence-electron chi connectivity index (χ0n) is 15.1. The predicted octanol–water partition coefficient (Wildman–Crippen LogP) is 3.10. The fourth-order valence-corrected chi connectivity index (χ4v) is 3.92. The maximum absolute atomic E-state index is 5.68. The van der Waals surface area contributed by atoms with E-state index < -0.39 is 0 Å². The molecule has 0 fully saturated rings. The van der Waals surface area contributed by atoms with Crippen LogP contribution >= 0.6 is 0 Å². The second-order valence-corrected chi connectivity index (χ2v) is 7.64. The molecule has 2 heterocycles. The van der Waals surface area contributed by atoms with Crippen molar-refractivity contribution in [2.75, 3.05) is 27.1 Å². The van der Waals surface area contributed by atoms with Gasteiger partial charge in [0.05, 0.1) is 13.6 Å². The molecule has 0 aliphatic carbocycles. The first-order valence-electron chi connectivity index (χ1n) is 9.14. The van der Waals surface area contributed by atoms with Gasteiger partial charge in [0.1, 0.15) is 13.2 Å². The topological polar surface area (TPSA) is 30.5 Å². The van der Waals surface area contributed by atoms with Gasteiger partial charge >= 0.3 is 0 Å². The Labute approximate surface area is 150 Å². The fourth-order valence-electron chi connectivity index (χ4n) is 3.92. The lowest BCUT2D eigenvalue weighted by Crippen LogP contribution is -2.54. The Morgan fingerprint density at radius 3 is 2.80 bits per heavy atom. The van der Waals surface area contributed by atoms with E-state index in [1.165, 1.54) is 16.7 Å². The summed E-state index contributed by atoms with van der Waals surface area (Å²) >= 11 is 0. The SMILES string of the molecule is C[C@H](Cc1ccccc1)NC[N+]1(C)CCc2c(ccc3c2OCO3)C1. The van der Waals surface area contributed by atoms with E-state index in [9.17, 15) is 0 Å². The highest BCUT2D eigenvalue weighted by Gasteiger charge is 2.32. The summed E-state index contributed by atoms with van der Waals surface area (Å²) in [6.45, 7) is 5.78. The molecule has 4 heteroatoms. The summed E-state index contributed by atoms with van der Waals surface area (Å²) in [4.78, 5) is 0. The lowest BCUT2D eigenvalue weighted by atomic mass is 9.97. The molecule has 2 atom stereocenters. The van der Waals surface area contributed by atoms with Crippen molar-refractivity contribution in [2.24, 2.45) is 0 Å². The molecule has 2 aromatic rings. The lowest BCUT2D eigenvalue weighted by molar-refractivity contribution is -0.927. The van der Waals surface area contributed by atoms with Crippen LogP contribution in [0.5, 0.6) is 11.5 Å². The summed E-state index contributed by atoms with van der Waals surface area (Å²) in [5.41, 5.74) is 4.14. The Morgan fingerprint density at radius 2 is 1.96 bits per heavy atom. The van der Waals surface area contributed by atoms with Crippen molar-refractivity contribution in [1.82, 2.24) is 5.32 Å². The molecule has 2 aliphatic heterocycles. The van der Waals surface area contributed by atoms with Crippen molar-refractivity contribution in [3.63, 3.8) is 0 Å². The molecule has 4 nitrogen and oxygen atoms in total. The van der Waals surface area contributed by atoms with Crippen LogP contribution in [0.4, 0.5) is 0 Å². The molecule has 0 saturated heterocycles. The molecule has 1 N–H and O–H groups in total. The number of fused-ring (bicyclic) bond motifs is 3. The second kappa shape index (κ2) is 6.70. The quantitative estimate of drug-likeness (QED) is 0.849. The molecule has 1 unspecified atom stereocenters. The van der Waals surface area contributed by atoms with Crippen molar-refractivity contribution >= 4 is 0 Å². The zero-order chi connectivity index (χ0) is 17.3. The minimum Gasteiger partial charge on any atom is -0.454 e. The van der Waals surface area contributed by atoms with Crippen LogP contribution < -0.4 is 14.8 Å². The molecule has 4 rings (SSSR count). The largest absolute Gasteiger partial charge is 0.454 e. The molecule has 2 aromatic carbocycles. The minimum absolute atomic E-state index is 0.358. The first kappa shape index (κ1) is 16.4. The van der Waals surface area contributed by atoms with Gasteiger partial charge in [-0.2, -0.15) is 0 Å². The van der Waals surface area contributed by atoms with Crippen LogP contribution in [0.2, 0.25) is 0 Å². The average Bonchev–Trinajstić information content (AvgIpc) is 3.10. The van der Waals surface area contributed by atoms with E-state index in [-0.39, 0.29) is 0 Å². The van der Waals surface area contributed by atoms with Crippen LogP contribution in [-0.2, 0) is 19.4 Å². The molecule has 0 spiro atoms. The lowest BCUT2D eigenvalue weighted by Gasteiger charge is -2.39. The minimum atomic E-state index is 0.358. The van der Waals surface area contributed by atoms with Crippen molar-refractivity contribution < 1.29 is 14.0 Å². The summed E-state index contributed by atoms with van der Waals surface area (Å²) in [5.74, 6) is 1.89. The van der Waals surface area contributed by atoms with Gasteiger partial charge in [0.2, 0.25) is 6.79 Å². The molecule has 0 aromatic heterocycles. The Hall–Kier alpha value is -2.04. The first-order chi connectivity index (χ1) is 12.1. The number of likely N-dealkylation sites (N-methyl/N-ethyl adjacent to an activating group) is 1. The number of quaternary nitrogens is 1. The number of rotatable bonds is 5. The molecule has 2 aliphatic rings. The number of nitrogens with zero attached hydrogens (tertiary/aromatic N) is 1. The maximum atomic E-state index is 5.68.